The van der Waals surface area contributed by atoms with Crippen LogP contribution < -0.4 is 5.32 Å². The quantitative estimate of drug-likeness (QED) is 0.852. The van der Waals surface area contributed by atoms with E-state index in [1.807, 2.05) is 36.0 Å². The van der Waals surface area contributed by atoms with Gasteiger partial charge < -0.3 is 5.32 Å². The highest BCUT2D eigenvalue weighted by Gasteiger charge is 2.16. The minimum absolute atomic E-state index is 0.00821. The number of thioether (sulfide) groups is 1. The molecule has 1 aromatic carbocycles. The monoisotopic (exact) mass is 269 g/mol. The van der Waals surface area contributed by atoms with Gasteiger partial charge in [0, 0.05) is 18.0 Å². The number of halogens is 1. The topological polar surface area (TPSA) is 29.1 Å². The van der Waals surface area contributed by atoms with Crippen LogP contribution in [0, 0.1) is 5.92 Å². The molecule has 1 N–H and O–H groups in total. The number of alkyl halides is 1. The first-order chi connectivity index (χ1) is 8.29. The maximum Gasteiger partial charge on any atom is 0.251 e. The van der Waals surface area contributed by atoms with Crippen LogP contribution in [0.25, 0.3) is 0 Å². The predicted octanol–water partition coefficient (Wildman–Crippen LogP) is 2.91. The van der Waals surface area contributed by atoms with Gasteiger partial charge in [0.25, 0.3) is 5.91 Å². The van der Waals surface area contributed by atoms with E-state index < -0.39 is 0 Å². The standard InChI is InChI=1S/C13H16ClNOS/c14-7-10-2-1-3-12(6-10)13(16)15-8-11-4-5-17-9-11/h1-3,6,11H,4-5,7-9H2,(H,15,16). The van der Waals surface area contributed by atoms with Gasteiger partial charge in [-0.2, -0.15) is 11.8 Å². The number of amides is 1. The lowest BCUT2D eigenvalue weighted by Crippen LogP contribution is -2.29. The van der Waals surface area contributed by atoms with Gasteiger partial charge in [-0.25, -0.2) is 0 Å². The van der Waals surface area contributed by atoms with E-state index in [4.69, 9.17) is 11.6 Å². The van der Waals surface area contributed by atoms with Gasteiger partial charge in [-0.15, -0.1) is 11.6 Å². The molecular formula is C13H16ClNOS. The summed E-state index contributed by atoms with van der Waals surface area (Å²) in [4.78, 5) is 11.9. The lowest BCUT2D eigenvalue weighted by atomic mass is 10.1. The van der Waals surface area contributed by atoms with Gasteiger partial charge in [-0.1, -0.05) is 12.1 Å². The van der Waals surface area contributed by atoms with Crippen molar-refractivity contribution in [2.45, 2.75) is 12.3 Å². The second-order valence-corrected chi connectivity index (χ2v) is 5.69. The van der Waals surface area contributed by atoms with Crippen molar-refractivity contribution in [2.24, 2.45) is 5.92 Å². The summed E-state index contributed by atoms with van der Waals surface area (Å²) < 4.78 is 0. The van der Waals surface area contributed by atoms with Crippen LogP contribution in [0.3, 0.4) is 0 Å². The molecule has 2 nitrogen and oxygen atoms in total. The lowest BCUT2D eigenvalue weighted by molar-refractivity contribution is 0.0948. The number of rotatable bonds is 4. The van der Waals surface area contributed by atoms with Crippen molar-refractivity contribution < 1.29 is 4.79 Å². The molecular weight excluding hydrogens is 254 g/mol. The molecule has 1 unspecified atom stereocenters. The van der Waals surface area contributed by atoms with Crippen LogP contribution in [0.4, 0.5) is 0 Å². The third-order valence-electron chi connectivity index (χ3n) is 2.92. The first-order valence-corrected chi connectivity index (χ1v) is 7.49. The van der Waals surface area contributed by atoms with E-state index in [9.17, 15) is 4.79 Å². The zero-order valence-corrected chi connectivity index (χ0v) is 11.2. The molecule has 1 fully saturated rings. The van der Waals surface area contributed by atoms with Crippen LogP contribution in [0.15, 0.2) is 24.3 Å². The van der Waals surface area contributed by atoms with Crippen molar-refractivity contribution in [2.75, 3.05) is 18.1 Å². The first kappa shape index (κ1) is 12.8. The van der Waals surface area contributed by atoms with Gasteiger partial charge in [0.1, 0.15) is 0 Å². The molecule has 17 heavy (non-hydrogen) atoms. The second-order valence-electron chi connectivity index (χ2n) is 4.27. The average Bonchev–Trinajstić information content (AvgIpc) is 2.89. The molecule has 0 aromatic heterocycles. The number of hydrogen-bond donors (Lipinski definition) is 1. The molecule has 1 saturated heterocycles. The Bertz CT molecular complexity index is 391. The Kier molecular flexibility index (Phi) is 4.75. The van der Waals surface area contributed by atoms with Crippen LogP contribution in [0.2, 0.25) is 0 Å². The number of carbonyl (C=O) groups excluding carboxylic acids is 1. The van der Waals surface area contributed by atoms with Gasteiger partial charge in [-0.05, 0) is 41.5 Å². The molecule has 0 saturated carbocycles. The van der Waals surface area contributed by atoms with Crippen molar-refractivity contribution in [3.8, 4) is 0 Å². The summed E-state index contributed by atoms with van der Waals surface area (Å²) in [6, 6.07) is 7.48. The van der Waals surface area contributed by atoms with Gasteiger partial charge in [-0.3, -0.25) is 4.79 Å². The summed E-state index contributed by atoms with van der Waals surface area (Å²) in [5.41, 5.74) is 1.68. The third-order valence-corrected chi connectivity index (χ3v) is 4.46. The highest BCUT2D eigenvalue weighted by atomic mass is 35.5. The van der Waals surface area contributed by atoms with E-state index in [0.717, 1.165) is 12.1 Å². The van der Waals surface area contributed by atoms with Crippen molar-refractivity contribution >= 4 is 29.3 Å². The van der Waals surface area contributed by atoms with Crippen LogP contribution in [0.5, 0.6) is 0 Å². The van der Waals surface area contributed by atoms with E-state index >= 15 is 0 Å². The Morgan fingerprint density at radius 1 is 1.53 bits per heavy atom. The van der Waals surface area contributed by atoms with Gasteiger partial charge in [0.15, 0.2) is 0 Å². The maximum absolute atomic E-state index is 11.9. The SMILES string of the molecule is O=C(NCC1CCSC1)c1cccc(CCl)c1. The summed E-state index contributed by atoms with van der Waals surface area (Å²) in [6.07, 6.45) is 1.21. The van der Waals surface area contributed by atoms with E-state index in [1.165, 1.54) is 17.9 Å². The van der Waals surface area contributed by atoms with Crippen LogP contribution >= 0.6 is 23.4 Å². The van der Waals surface area contributed by atoms with E-state index in [1.54, 1.807) is 0 Å². The Morgan fingerprint density at radius 2 is 2.41 bits per heavy atom. The molecule has 1 aliphatic rings. The number of carbonyl (C=O) groups is 1. The van der Waals surface area contributed by atoms with Gasteiger partial charge >= 0.3 is 0 Å². The van der Waals surface area contributed by atoms with Gasteiger partial charge in [0.2, 0.25) is 0 Å². The minimum atomic E-state index is 0.00821. The minimum Gasteiger partial charge on any atom is -0.352 e. The smallest absolute Gasteiger partial charge is 0.251 e. The first-order valence-electron chi connectivity index (χ1n) is 5.80. The highest BCUT2D eigenvalue weighted by Crippen LogP contribution is 2.22. The van der Waals surface area contributed by atoms with Crippen molar-refractivity contribution in [1.82, 2.24) is 5.32 Å². The molecule has 0 radical (unpaired) electrons. The summed E-state index contributed by atoms with van der Waals surface area (Å²) in [7, 11) is 0. The summed E-state index contributed by atoms with van der Waals surface area (Å²) in [5.74, 6) is 3.49. The molecule has 1 aliphatic heterocycles. The normalized spacial score (nSPS) is 19.2. The Morgan fingerprint density at radius 3 is 3.12 bits per heavy atom. The molecule has 2 rings (SSSR count). The summed E-state index contributed by atoms with van der Waals surface area (Å²) >= 11 is 7.72. The van der Waals surface area contributed by atoms with Crippen molar-refractivity contribution in [1.29, 1.82) is 0 Å². The Balaban J connectivity index is 1.89. The van der Waals surface area contributed by atoms with Gasteiger partial charge in [0.05, 0.1) is 0 Å². The molecule has 4 heteroatoms. The zero-order chi connectivity index (χ0) is 12.1. The Labute approximate surface area is 111 Å². The third kappa shape index (κ3) is 3.65. The molecule has 0 aliphatic carbocycles. The molecule has 1 atom stereocenters. The summed E-state index contributed by atoms with van der Waals surface area (Å²) in [5, 5.41) is 3.00. The fourth-order valence-corrected chi connectivity index (χ4v) is 3.33. The maximum atomic E-state index is 11.9. The van der Waals surface area contributed by atoms with Crippen LogP contribution in [0.1, 0.15) is 22.3 Å². The zero-order valence-electron chi connectivity index (χ0n) is 9.62. The molecule has 1 amide bonds. The number of benzene rings is 1. The largest absolute Gasteiger partial charge is 0.352 e. The second kappa shape index (κ2) is 6.31. The fraction of sp³-hybridized carbons (Fsp3) is 0.462. The molecule has 0 bridgehead atoms. The number of nitrogens with one attached hydrogen (secondary N) is 1. The Hall–Kier alpha value is -0.670. The fourth-order valence-electron chi connectivity index (χ4n) is 1.88. The van der Waals surface area contributed by atoms with E-state index in [-0.39, 0.29) is 5.91 Å². The predicted molar refractivity (Wildman–Crippen MR) is 73.8 cm³/mol. The van der Waals surface area contributed by atoms with E-state index in [0.29, 0.717) is 17.4 Å². The highest BCUT2D eigenvalue weighted by molar-refractivity contribution is 7.99. The summed E-state index contributed by atoms with van der Waals surface area (Å²) in [6.45, 7) is 0.789. The lowest BCUT2D eigenvalue weighted by Gasteiger charge is -2.10. The van der Waals surface area contributed by atoms with Crippen molar-refractivity contribution in [3.05, 3.63) is 35.4 Å². The molecule has 0 spiro atoms. The average molecular weight is 270 g/mol. The molecule has 1 heterocycles. The van der Waals surface area contributed by atoms with Crippen LogP contribution in [-0.4, -0.2) is 24.0 Å². The van der Waals surface area contributed by atoms with Crippen LogP contribution in [-0.2, 0) is 5.88 Å². The molecule has 92 valence electrons. The van der Waals surface area contributed by atoms with Crippen molar-refractivity contribution in [3.63, 3.8) is 0 Å². The molecule has 1 aromatic rings. The number of hydrogen-bond acceptors (Lipinski definition) is 2. The van der Waals surface area contributed by atoms with E-state index in [2.05, 4.69) is 5.32 Å².